The van der Waals surface area contributed by atoms with Crippen LogP contribution >= 0.6 is 0 Å². The average Bonchev–Trinajstić information content (AvgIpc) is 2.40. The van der Waals surface area contributed by atoms with Crippen LogP contribution in [0.3, 0.4) is 0 Å². The highest BCUT2D eigenvalue weighted by atomic mass is 16.4. The first-order chi connectivity index (χ1) is 9.11. The molecule has 0 amide bonds. The van der Waals surface area contributed by atoms with Crippen LogP contribution in [0.25, 0.3) is 0 Å². The number of carbonyl (C=O) groups is 1. The minimum atomic E-state index is -0.831. The molecule has 2 rings (SSSR count). The van der Waals surface area contributed by atoms with Gasteiger partial charge in [-0.25, -0.2) is 0 Å². The fraction of sp³-hybridized carbons (Fsp3) is 0.533. The molecule has 1 fully saturated rings. The molecule has 19 heavy (non-hydrogen) atoms. The van der Waals surface area contributed by atoms with Crippen LogP contribution in [0.5, 0.6) is 0 Å². The van der Waals surface area contributed by atoms with Gasteiger partial charge in [0.25, 0.3) is 0 Å². The number of nitrogens with one attached hydrogen (secondary N) is 1. The highest BCUT2D eigenvalue weighted by Crippen LogP contribution is 2.29. The minimum absolute atomic E-state index is 0.558. The Morgan fingerprint density at radius 3 is 2.68 bits per heavy atom. The number of hydrogen-bond acceptors (Lipinski definition) is 3. The smallest absolute Gasteiger partial charge is 0.325 e. The molecule has 0 aliphatic carbocycles. The van der Waals surface area contributed by atoms with Crippen molar-refractivity contribution in [1.29, 1.82) is 0 Å². The van der Waals surface area contributed by atoms with Gasteiger partial charge in [-0.05, 0) is 57.1 Å². The zero-order valence-electron chi connectivity index (χ0n) is 11.6. The maximum Gasteiger partial charge on any atom is 0.325 e. The van der Waals surface area contributed by atoms with Crippen LogP contribution in [0.1, 0.15) is 35.9 Å². The van der Waals surface area contributed by atoms with E-state index in [0.29, 0.717) is 5.92 Å². The molecule has 0 bridgehead atoms. The minimum Gasteiger partial charge on any atom is -0.480 e. The Labute approximate surface area is 114 Å². The Kier molecular flexibility index (Phi) is 4.56. The van der Waals surface area contributed by atoms with Crippen LogP contribution < -0.4 is 5.32 Å². The zero-order chi connectivity index (χ0) is 13.8. The number of rotatable bonds is 4. The molecular formula is C15H22N2O2. The van der Waals surface area contributed by atoms with Crippen LogP contribution in [-0.4, -0.2) is 43.2 Å². The van der Waals surface area contributed by atoms with Crippen LogP contribution in [0.2, 0.25) is 0 Å². The van der Waals surface area contributed by atoms with Gasteiger partial charge in [0.1, 0.15) is 6.04 Å². The van der Waals surface area contributed by atoms with E-state index in [-0.39, 0.29) is 0 Å². The molecule has 1 heterocycles. The predicted molar refractivity (Wildman–Crippen MR) is 75.4 cm³/mol. The molecule has 1 aliphatic heterocycles. The molecule has 0 radical (unpaired) electrons. The number of carboxylic acid groups (broad SMARTS) is 1. The molecule has 1 atom stereocenters. The van der Waals surface area contributed by atoms with Gasteiger partial charge in [-0.3, -0.25) is 4.79 Å². The molecule has 4 heteroatoms. The molecule has 104 valence electrons. The monoisotopic (exact) mass is 262 g/mol. The van der Waals surface area contributed by atoms with E-state index in [1.54, 1.807) is 7.05 Å². The number of likely N-dealkylation sites (N-methyl/N-ethyl adjacent to an activating group) is 1. The van der Waals surface area contributed by atoms with Gasteiger partial charge < -0.3 is 15.3 Å². The SMILES string of the molecule is CNC(C(=O)O)c1cccc(C2CCN(C)CC2)c1. The maximum atomic E-state index is 11.2. The van der Waals surface area contributed by atoms with E-state index in [0.717, 1.165) is 31.5 Å². The second kappa shape index (κ2) is 6.17. The maximum absolute atomic E-state index is 11.2. The Morgan fingerprint density at radius 1 is 1.42 bits per heavy atom. The van der Waals surface area contributed by atoms with Crippen LogP contribution in [0, 0.1) is 0 Å². The summed E-state index contributed by atoms with van der Waals surface area (Å²) < 4.78 is 0. The van der Waals surface area contributed by atoms with Crippen molar-refractivity contribution in [2.24, 2.45) is 0 Å². The summed E-state index contributed by atoms with van der Waals surface area (Å²) >= 11 is 0. The van der Waals surface area contributed by atoms with E-state index in [1.807, 2.05) is 18.2 Å². The summed E-state index contributed by atoms with van der Waals surface area (Å²) in [6.45, 7) is 2.23. The molecule has 0 aromatic heterocycles. The third-order valence-corrected chi connectivity index (χ3v) is 3.97. The zero-order valence-corrected chi connectivity index (χ0v) is 11.6. The summed E-state index contributed by atoms with van der Waals surface area (Å²) in [6.07, 6.45) is 2.30. The Morgan fingerprint density at radius 2 is 2.11 bits per heavy atom. The topological polar surface area (TPSA) is 52.6 Å². The lowest BCUT2D eigenvalue weighted by molar-refractivity contribution is -0.139. The highest BCUT2D eigenvalue weighted by molar-refractivity contribution is 5.75. The Balaban J connectivity index is 2.17. The van der Waals surface area contributed by atoms with Crippen molar-refractivity contribution in [3.8, 4) is 0 Å². The highest BCUT2D eigenvalue weighted by Gasteiger charge is 2.21. The average molecular weight is 262 g/mol. The number of aliphatic carboxylic acids is 1. The van der Waals surface area contributed by atoms with Crippen molar-refractivity contribution in [2.45, 2.75) is 24.8 Å². The van der Waals surface area contributed by atoms with E-state index in [1.165, 1.54) is 5.56 Å². The molecule has 1 saturated heterocycles. The lowest BCUT2D eigenvalue weighted by Gasteiger charge is -2.29. The number of hydrogen-bond donors (Lipinski definition) is 2. The number of carboxylic acids is 1. The second-order valence-electron chi connectivity index (χ2n) is 5.31. The summed E-state index contributed by atoms with van der Waals surface area (Å²) in [5, 5.41) is 12.0. The number of likely N-dealkylation sites (tertiary alicyclic amines) is 1. The number of benzene rings is 1. The molecule has 1 aliphatic rings. The fourth-order valence-electron chi connectivity index (χ4n) is 2.77. The van der Waals surface area contributed by atoms with Gasteiger partial charge >= 0.3 is 5.97 Å². The molecule has 0 spiro atoms. The lowest BCUT2D eigenvalue weighted by Crippen LogP contribution is -2.29. The van der Waals surface area contributed by atoms with Gasteiger partial charge in [-0.15, -0.1) is 0 Å². The van der Waals surface area contributed by atoms with Gasteiger partial charge in [0, 0.05) is 0 Å². The molecule has 4 nitrogen and oxygen atoms in total. The summed E-state index contributed by atoms with van der Waals surface area (Å²) in [7, 11) is 3.83. The van der Waals surface area contributed by atoms with Crippen molar-refractivity contribution < 1.29 is 9.90 Å². The first-order valence-corrected chi connectivity index (χ1v) is 6.80. The molecule has 2 N–H and O–H groups in total. The van der Waals surface area contributed by atoms with Crippen molar-refractivity contribution in [3.63, 3.8) is 0 Å². The van der Waals surface area contributed by atoms with Crippen LogP contribution in [-0.2, 0) is 4.79 Å². The molecule has 1 aromatic rings. The van der Waals surface area contributed by atoms with E-state index in [9.17, 15) is 9.90 Å². The van der Waals surface area contributed by atoms with Gasteiger partial charge in [0.15, 0.2) is 0 Å². The van der Waals surface area contributed by atoms with E-state index >= 15 is 0 Å². The third-order valence-electron chi connectivity index (χ3n) is 3.97. The number of piperidine rings is 1. The Hall–Kier alpha value is -1.39. The normalized spacial score (nSPS) is 19.3. The first-order valence-electron chi connectivity index (χ1n) is 6.80. The summed E-state index contributed by atoms with van der Waals surface area (Å²) in [5.74, 6) is -0.273. The molecule has 1 unspecified atom stereocenters. The third kappa shape index (κ3) is 3.33. The largest absolute Gasteiger partial charge is 0.480 e. The van der Waals surface area contributed by atoms with Crippen molar-refractivity contribution in [3.05, 3.63) is 35.4 Å². The standard InChI is InChI=1S/C15H22N2O2/c1-16-14(15(18)19)13-5-3-4-12(10-13)11-6-8-17(2)9-7-11/h3-5,10-11,14,16H,6-9H2,1-2H3,(H,18,19). The van der Waals surface area contributed by atoms with Crippen LogP contribution in [0.4, 0.5) is 0 Å². The van der Waals surface area contributed by atoms with Gasteiger partial charge in [-0.2, -0.15) is 0 Å². The predicted octanol–water partition coefficient (Wildman–Crippen LogP) is 1.84. The fourth-order valence-corrected chi connectivity index (χ4v) is 2.77. The van der Waals surface area contributed by atoms with Crippen molar-refractivity contribution in [1.82, 2.24) is 10.2 Å². The summed E-state index contributed by atoms with van der Waals surface area (Å²) in [4.78, 5) is 13.5. The molecular weight excluding hydrogens is 240 g/mol. The molecule has 0 saturated carbocycles. The van der Waals surface area contributed by atoms with E-state index in [4.69, 9.17) is 0 Å². The van der Waals surface area contributed by atoms with E-state index < -0.39 is 12.0 Å². The van der Waals surface area contributed by atoms with Crippen molar-refractivity contribution in [2.75, 3.05) is 27.2 Å². The molecule has 1 aromatic carbocycles. The lowest BCUT2D eigenvalue weighted by atomic mass is 9.88. The van der Waals surface area contributed by atoms with Gasteiger partial charge in [-0.1, -0.05) is 24.3 Å². The van der Waals surface area contributed by atoms with Gasteiger partial charge in [0.2, 0.25) is 0 Å². The number of nitrogens with zero attached hydrogens (tertiary/aromatic N) is 1. The first kappa shape index (κ1) is 14.0. The Bertz CT molecular complexity index is 440. The summed E-state index contributed by atoms with van der Waals surface area (Å²) in [5.41, 5.74) is 2.11. The van der Waals surface area contributed by atoms with Gasteiger partial charge in [0.05, 0.1) is 0 Å². The van der Waals surface area contributed by atoms with Crippen molar-refractivity contribution >= 4 is 5.97 Å². The quantitative estimate of drug-likeness (QED) is 0.869. The van der Waals surface area contributed by atoms with Crippen LogP contribution in [0.15, 0.2) is 24.3 Å². The van der Waals surface area contributed by atoms with E-state index in [2.05, 4.69) is 23.3 Å². The summed E-state index contributed by atoms with van der Waals surface area (Å²) in [6, 6.07) is 7.40. The second-order valence-corrected chi connectivity index (χ2v) is 5.31.